The zero-order valence-electron chi connectivity index (χ0n) is 18.3. The molecule has 2 aromatic rings. The quantitative estimate of drug-likeness (QED) is 0.571. The molecule has 0 atom stereocenters. The lowest BCUT2D eigenvalue weighted by atomic mass is 9.68. The highest BCUT2D eigenvalue weighted by Crippen LogP contribution is 2.42. The second-order valence-electron chi connectivity index (χ2n) is 8.21. The van der Waals surface area contributed by atoms with Crippen LogP contribution in [0.3, 0.4) is 0 Å². The van der Waals surface area contributed by atoms with E-state index in [1.165, 1.54) is 12.1 Å². The molecule has 0 aromatic heterocycles. The Bertz CT molecular complexity index is 908. The molecule has 1 amide bonds. The summed E-state index contributed by atoms with van der Waals surface area (Å²) in [4.78, 5) is 12.5. The maximum atomic E-state index is 12.9. The summed E-state index contributed by atoms with van der Waals surface area (Å²) in [7, 11) is 1.92. The molecule has 0 aliphatic heterocycles. The van der Waals surface area contributed by atoms with E-state index in [2.05, 4.69) is 5.32 Å². The Morgan fingerprint density at radius 2 is 1.72 bits per heavy atom. The Kier molecular flexibility index (Phi) is 8.60. The van der Waals surface area contributed by atoms with Crippen molar-refractivity contribution in [3.63, 3.8) is 0 Å². The topological polar surface area (TPSA) is 64.3 Å². The largest absolute Gasteiger partial charge is 0.494 e. The SMILES string of the molecule is CCOc1ccc(-c2ccc(C(F)(F)F)cc2)cc1CC1(C(N)=O)CCC(NC)CC1.Cl. The molecule has 0 bridgehead atoms. The van der Waals surface area contributed by atoms with Gasteiger partial charge in [-0.1, -0.05) is 18.2 Å². The van der Waals surface area contributed by atoms with Gasteiger partial charge in [-0.2, -0.15) is 13.2 Å². The summed E-state index contributed by atoms with van der Waals surface area (Å²) >= 11 is 0. The van der Waals surface area contributed by atoms with Crippen molar-refractivity contribution in [1.29, 1.82) is 0 Å². The number of halogens is 4. The van der Waals surface area contributed by atoms with E-state index in [0.717, 1.165) is 36.1 Å². The van der Waals surface area contributed by atoms with Crippen LogP contribution in [0.15, 0.2) is 42.5 Å². The lowest BCUT2D eigenvalue weighted by Gasteiger charge is -2.38. The molecule has 32 heavy (non-hydrogen) atoms. The highest BCUT2D eigenvalue weighted by Gasteiger charge is 2.41. The fraction of sp³-hybridized carbons (Fsp3) is 0.458. The molecule has 0 saturated heterocycles. The summed E-state index contributed by atoms with van der Waals surface area (Å²) < 4.78 is 44.5. The number of primary amides is 1. The Labute approximate surface area is 193 Å². The van der Waals surface area contributed by atoms with Gasteiger partial charge >= 0.3 is 6.18 Å². The Hall–Kier alpha value is -2.25. The van der Waals surface area contributed by atoms with Gasteiger partial charge in [0, 0.05) is 6.04 Å². The van der Waals surface area contributed by atoms with Crippen LogP contribution in [-0.4, -0.2) is 25.6 Å². The molecule has 0 spiro atoms. The molecule has 176 valence electrons. The van der Waals surface area contributed by atoms with Crippen LogP contribution >= 0.6 is 12.4 Å². The molecule has 1 aliphatic rings. The summed E-state index contributed by atoms with van der Waals surface area (Å²) in [6.45, 7) is 2.35. The van der Waals surface area contributed by atoms with E-state index in [1.807, 2.05) is 32.2 Å². The fourth-order valence-electron chi connectivity index (χ4n) is 4.38. The average molecular weight is 471 g/mol. The third kappa shape index (κ3) is 5.75. The van der Waals surface area contributed by atoms with Crippen molar-refractivity contribution in [3.05, 3.63) is 53.6 Å². The van der Waals surface area contributed by atoms with Gasteiger partial charge in [-0.05, 0) is 87.0 Å². The Morgan fingerprint density at radius 3 is 2.22 bits per heavy atom. The zero-order valence-corrected chi connectivity index (χ0v) is 19.1. The highest BCUT2D eigenvalue weighted by atomic mass is 35.5. The van der Waals surface area contributed by atoms with E-state index in [1.54, 1.807) is 0 Å². The first-order valence-electron chi connectivity index (χ1n) is 10.6. The first-order chi connectivity index (χ1) is 14.7. The van der Waals surface area contributed by atoms with Gasteiger partial charge in [-0.15, -0.1) is 12.4 Å². The second kappa shape index (κ2) is 10.6. The number of hydrogen-bond acceptors (Lipinski definition) is 3. The van der Waals surface area contributed by atoms with Gasteiger partial charge in [0.25, 0.3) is 0 Å². The van der Waals surface area contributed by atoms with Gasteiger partial charge in [-0.25, -0.2) is 0 Å². The number of alkyl halides is 3. The third-order valence-corrected chi connectivity index (χ3v) is 6.31. The normalized spacial score (nSPS) is 21.0. The number of carbonyl (C=O) groups excluding carboxylic acids is 1. The van der Waals surface area contributed by atoms with Crippen LogP contribution in [0.4, 0.5) is 13.2 Å². The lowest BCUT2D eigenvalue weighted by molar-refractivity contribution is -0.137. The van der Waals surface area contributed by atoms with Gasteiger partial charge in [-0.3, -0.25) is 4.79 Å². The van der Waals surface area contributed by atoms with Crippen molar-refractivity contribution in [2.24, 2.45) is 11.1 Å². The molecular formula is C24H30ClF3N2O2. The van der Waals surface area contributed by atoms with Gasteiger partial charge in [0.15, 0.2) is 0 Å². The number of amides is 1. The maximum absolute atomic E-state index is 12.9. The number of ether oxygens (including phenoxy) is 1. The van der Waals surface area contributed by atoms with Crippen molar-refractivity contribution in [1.82, 2.24) is 5.32 Å². The van der Waals surface area contributed by atoms with E-state index >= 15 is 0 Å². The highest BCUT2D eigenvalue weighted by molar-refractivity contribution is 5.85. The van der Waals surface area contributed by atoms with Crippen LogP contribution in [0.1, 0.15) is 43.7 Å². The minimum Gasteiger partial charge on any atom is -0.494 e. The van der Waals surface area contributed by atoms with Crippen molar-refractivity contribution in [2.75, 3.05) is 13.7 Å². The van der Waals surface area contributed by atoms with Crippen LogP contribution in [0, 0.1) is 5.41 Å². The minimum atomic E-state index is -4.37. The number of nitrogens with one attached hydrogen (secondary N) is 1. The smallest absolute Gasteiger partial charge is 0.416 e. The van der Waals surface area contributed by atoms with Crippen molar-refractivity contribution >= 4 is 18.3 Å². The van der Waals surface area contributed by atoms with Gasteiger partial charge in [0.05, 0.1) is 17.6 Å². The average Bonchev–Trinajstić information content (AvgIpc) is 2.75. The molecule has 0 radical (unpaired) electrons. The summed E-state index contributed by atoms with van der Waals surface area (Å²) in [5.74, 6) is 0.360. The minimum absolute atomic E-state index is 0. The summed E-state index contributed by atoms with van der Waals surface area (Å²) in [5.41, 5.74) is 6.81. The molecule has 0 heterocycles. The molecule has 1 aliphatic carbocycles. The molecule has 2 aromatic carbocycles. The fourth-order valence-corrected chi connectivity index (χ4v) is 4.38. The number of rotatable bonds is 7. The zero-order chi connectivity index (χ0) is 22.6. The van der Waals surface area contributed by atoms with E-state index in [0.29, 0.717) is 43.2 Å². The monoisotopic (exact) mass is 470 g/mol. The number of benzene rings is 2. The number of nitrogens with two attached hydrogens (primary N) is 1. The summed E-state index contributed by atoms with van der Waals surface area (Å²) in [6, 6.07) is 11.0. The molecule has 8 heteroatoms. The summed E-state index contributed by atoms with van der Waals surface area (Å²) in [6.07, 6.45) is -0.830. The lowest BCUT2D eigenvalue weighted by Crippen LogP contribution is -2.45. The molecule has 3 N–H and O–H groups in total. The molecule has 1 fully saturated rings. The molecule has 4 nitrogen and oxygen atoms in total. The predicted octanol–water partition coefficient (Wildman–Crippen LogP) is 5.37. The van der Waals surface area contributed by atoms with Crippen LogP contribution < -0.4 is 15.8 Å². The van der Waals surface area contributed by atoms with Crippen LogP contribution in [-0.2, 0) is 17.4 Å². The first-order valence-corrected chi connectivity index (χ1v) is 10.6. The van der Waals surface area contributed by atoms with Gasteiger partial charge in [0.2, 0.25) is 5.91 Å². The Morgan fingerprint density at radius 1 is 1.12 bits per heavy atom. The van der Waals surface area contributed by atoms with Crippen molar-refractivity contribution < 1.29 is 22.7 Å². The number of carbonyl (C=O) groups is 1. The van der Waals surface area contributed by atoms with E-state index in [4.69, 9.17) is 10.5 Å². The number of hydrogen-bond donors (Lipinski definition) is 2. The van der Waals surface area contributed by atoms with Crippen LogP contribution in [0.25, 0.3) is 11.1 Å². The first kappa shape index (κ1) is 26.0. The van der Waals surface area contributed by atoms with E-state index in [9.17, 15) is 18.0 Å². The maximum Gasteiger partial charge on any atom is 0.416 e. The van der Waals surface area contributed by atoms with Crippen molar-refractivity contribution in [2.45, 2.75) is 51.2 Å². The third-order valence-electron chi connectivity index (χ3n) is 6.31. The standard InChI is InChI=1S/C24H29F3N2O2.ClH/c1-3-31-21-9-6-17(16-4-7-19(8-5-16)24(25,26)27)14-18(21)15-23(22(28)30)12-10-20(29-2)11-13-23;/h4-9,14,20,29H,3,10-13,15H2,1-2H3,(H2,28,30);1H. The van der Waals surface area contributed by atoms with Gasteiger partial charge < -0.3 is 15.8 Å². The molecule has 3 rings (SSSR count). The van der Waals surface area contributed by atoms with Crippen LogP contribution in [0.5, 0.6) is 5.75 Å². The van der Waals surface area contributed by atoms with Gasteiger partial charge in [0.1, 0.15) is 5.75 Å². The molecule has 1 saturated carbocycles. The van der Waals surface area contributed by atoms with E-state index < -0.39 is 17.2 Å². The molecular weight excluding hydrogens is 441 g/mol. The van der Waals surface area contributed by atoms with Crippen LogP contribution in [0.2, 0.25) is 0 Å². The predicted molar refractivity (Wildman–Crippen MR) is 122 cm³/mol. The molecule has 0 unspecified atom stereocenters. The van der Waals surface area contributed by atoms with E-state index in [-0.39, 0.29) is 18.3 Å². The second-order valence-corrected chi connectivity index (χ2v) is 8.21. The van der Waals surface area contributed by atoms with Crippen molar-refractivity contribution in [3.8, 4) is 16.9 Å². The summed E-state index contributed by atoms with van der Waals surface area (Å²) in [5, 5.41) is 3.26. The Balaban J connectivity index is 0.00000363.